The average Bonchev–Trinajstić information content (AvgIpc) is 2.97. The Hall–Kier alpha value is -1.22. The summed E-state index contributed by atoms with van der Waals surface area (Å²) in [6, 6.07) is 7.82. The molecular weight excluding hydrogens is 284 g/mol. The van der Waals surface area contributed by atoms with Crippen LogP contribution >= 0.6 is 12.4 Å². The highest BCUT2D eigenvalue weighted by atomic mass is 35.5. The van der Waals surface area contributed by atoms with Gasteiger partial charge >= 0.3 is 0 Å². The third-order valence-electron chi connectivity index (χ3n) is 4.91. The van der Waals surface area contributed by atoms with E-state index in [9.17, 15) is 4.79 Å². The van der Waals surface area contributed by atoms with Crippen molar-refractivity contribution in [1.29, 1.82) is 0 Å². The Morgan fingerprint density at radius 3 is 2.33 bits per heavy atom. The summed E-state index contributed by atoms with van der Waals surface area (Å²) in [6.45, 7) is 0.921. The van der Waals surface area contributed by atoms with Crippen molar-refractivity contribution in [3.63, 3.8) is 0 Å². The Labute approximate surface area is 133 Å². The van der Waals surface area contributed by atoms with Crippen LogP contribution < -0.4 is 5.73 Å². The molecule has 1 aromatic carbocycles. The predicted octanol–water partition coefficient (Wildman–Crippen LogP) is 3.88. The van der Waals surface area contributed by atoms with Crippen LogP contribution in [0.25, 0.3) is 0 Å². The number of rotatable bonds is 2. The van der Waals surface area contributed by atoms with Gasteiger partial charge < -0.3 is 10.6 Å². The third kappa shape index (κ3) is 3.52. The minimum absolute atomic E-state index is 0. The number of halogens is 1. The molecule has 21 heavy (non-hydrogen) atoms. The molecule has 0 radical (unpaired) electrons. The van der Waals surface area contributed by atoms with Crippen molar-refractivity contribution in [3.8, 4) is 0 Å². The molecule has 1 aromatic rings. The van der Waals surface area contributed by atoms with Crippen molar-refractivity contribution >= 4 is 24.0 Å². The molecule has 0 bridgehead atoms. The van der Waals surface area contributed by atoms with Crippen LogP contribution in [-0.4, -0.2) is 23.4 Å². The molecule has 116 valence electrons. The van der Waals surface area contributed by atoms with Crippen LogP contribution in [0.1, 0.15) is 55.3 Å². The van der Waals surface area contributed by atoms with Gasteiger partial charge in [0.1, 0.15) is 0 Å². The van der Waals surface area contributed by atoms with Crippen LogP contribution in [0.3, 0.4) is 0 Å². The first kappa shape index (κ1) is 16.2. The maximum atomic E-state index is 12.7. The summed E-state index contributed by atoms with van der Waals surface area (Å²) in [5.41, 5.74) is 7.19. The number of carbonyl (C=O) groups excluding carboxylic acids is 1. The number of nitrogen functional groups attached to an aromatic ring is 1. The van der Waals surface area contributed by atoms with Crippen molar-refractivity contribution in [3.05, 3.63) is 29.8 Å². The zero-order chi connectivity index (χ0) is 13.9. The quantitative estimate of drug-likeness (QED) is 0.843. The lowest BCUT2D eigenvalue weighted by Crippen LogP contribution is -2.40. The first-order valence-electron chi connectivity index (χ1n) is 7.92. The zero-order valence-corrected chi connectivity index (χ0v) is 13.3. The number of nitrogens with two attached hydrogens (primary N) is 1. The molecule has 4 heteroatoms. The van der Waals surface area contributed by atoms with Gasteiger partial charge in [0.05, 0.1) is 0 Å². The SMILES string of the molecule is Cl.Nc1ccc(C(=O)N2CCCC2C2CCCCC2)cc1. The van der Waals surface area contributed by atoms with Crippen LogP contribution in [0.5, 0.6) is 0 Å². The molecular formula is C17H25ClN2O. The fourth-order valence-corrected chi connectivity index (χ4v) is 3.85. The zero-order valence-electron chi connectivity index (χ0n) is 12.5. The molecule has 1 aliphatic heterocycles. The van der Waals surface area contributed by atoms with Gasteiger partial charge in [0, 0.05) is 23.8 Å². The lowest BCUT2D eigenvalue weighted by molar-refractivity contribution is 0.0661. The van der Waals surface area contributed by atoms with E-state index in [1.165, 1.54) is 38.5 Å². The van der Waals surface area contributed by atoms with Crippen molar-refractivity contribution in [2.24, 2.45) is 5.92 Å². The second-order valence-corrected chi connectivity index (χ2v) is 6.23. The molecule has 1 atom stereocenters. The number of amides is 1. The van der Waals surface area contributed by atoms with Gasteiger partial charge in [-0.2, -0.15) is 0 Å². The summed E-state index contributed by atoms with van der Waals surface area (Å²) in [5, 5.41) is 0. The third-order valence-corrected chi connectivity index (χ3v) is 4.91. The molecule has 0 spiro atoms. The number of hydrogen-bond acceptors (Lipinski definition) is 2. The lowest BCUT2D eigenvalue weighted by Gasteiger charge is -2.34. The number of hydrogen-bond donors (Lipinski definition) is 1. The fraction of sp³-hybridized carbons (Fsp3) is 0.588. The van der Waals surface area contributed by atoms with Gasteiger partial charge in [0.25, 0.3) is 5.91 Å². The molecule has 1 aliphatic carbocycles. The number of nitrogens with zero attached hydrogens (tertiary/aromatic N) is 1. The largest absolute Gasteiger partial charge is 0.399 e. The van der Waals surface area contributed by atoms with Gasteiger partial charge in [0.2, 0.25) is 0 Å². The summed E-state index contributed by atoms with van der Waals surface area (Å²) < 4.78 is 0. The molecule has 1 heterocycles. The highest BCUT2D eigenvalue weighted by Crippen LogP contribution is 2.35. The first-order valence-corrected chi connectivity index (χ1v) is 7.92. The topological polar surface area (TPSA) is 46.3 Å². The Bertz CT molecular complexity index is 468. The summed E-state index contributed by atoms with van der Waals surface area (Å²) in [4.78, 5) is 14.8. The van der Waals surface area contributed by atoms with Gasteiger partial charge in [0.15, 0.2) is 0 Å². The molecule has 2 N–H and O–H groups in total. The van der Waals surface area contributed by atoms with Crippen LogP contribution in [0.4, 0.5) is 5.69 Å². The molecule has 1 amide bonds. The monoisotopic (exact) mass is 308 g/mol. The second-order valence-electron chi connectivity index (χ2n) is 6.23. The molecule has 1 saturated heterocycles. The van der Waals surface area contributed by atoms with E-state index < -0.39 is 0 Å². The molecule has 3 rings (SSSR count). The molecule has 3 nitrogen and oxygen atoms in total. The molecule has 1 unspecified atom stereocenters. The summed E-state index contributed by atoms with van der Waals surface area (Å²) >= 11 is 0. The number of likely N-dealkylation sites (tertiary alicyclic amines) is 1. The van der Waals surface area contributed by atoms with Crippen LogP contribution in [0.2, 0.25) is 0 Å². The van der Waals surface area contributed by atoms with Gasteiger partial charge in [-0.3, -0.25) is 4.79 Å². The smallest absolute Gasteiger partial charge is 0.254 e. The maximum absolute atomic E-state index is 12.7. The van der Waals surface area contributed by atoms with E-state index >= 15 is 0 Å². The Balaban J connectivity index is 0.00000161. The lowest BCUT2D eigenvalue weighted by atomic mass is 9.83. The van der Waals surface area contributed by atoms with Crippen LogP contribution in [0.15, 0.2) is 24.3 Å². The van der Waals surface area contributed by atoms with E-state index in [-0.39, 0.29) is 18.3 Å². The van der Waals surface area contributed by atoms with E-state index in [4.69, 9.17) is 5.73 Å². The van der Waals surface area contributed by atoms with Gasteiger partial charge in [-0.1, -0.05) is 19.3 Å². The van der Waals surface area contributed by atoms with Crippen molar-refractivity contribution in [2.75, 3.05) is 12.3 Å². The Kier molecular flexibility index (Phi) is 5.51. The average molecular weight is 309 g/mol. The summed E-state index contributed by atoms with van der Waals surface area (Å²) in [6.07, 6.45) is 8.99. The number of anilines is 1. The first-order chi connectivity index (χ1) is 9.75. The normalized spacial score (nSPS) is 22.9. The second kappa shape index (κ2) is 7.17. The van der Waals surface area contributed by atoms with E-state index in [1.54, 1.807) is 0 Å². The molecule has 1 saturated carbocycles. The number of carbonyl (C=O) groups is 1. The van der Waals surface area contributed by atoms with Crippen molar-refractivity contribution < 1.29 is 4.79 Å². The molecule has 2 aliphatic rings. The standard InChI is InChI=1S/C17H24N2O.ClH/c18-15-10-8-14(9-11-15)17(20)19-12-4-7-16(19)13-5-2-1-3-6-13;/h8-11,13,16H,1-7,12,18H2;1H. The summed E-state index contributed by atoms with van der Waals surface area (Å²) in [7, 11) is 0. The Morgan fingerprint density at radius 1 is 1.00 bits per heavy atom. The van der Waals surface area contributed by atoms with Crippen molar-refractivity contribution in [1.82, 2.24) is 4.90 Å². The van der Waals surface area contributed by atoms with Gasteiger partial charge in [-0.15, -0.1) is 12.4 Å². The minimum atomic E-state index is 0. The van der Waals surface area contributed by atoms with Gasteiger partial charge in [-0.25, -0.2) is 0 Å². The molecule has 0 aromatic heterocycles. The van der Waals surface area contributed by atoms with E-state index in [1.807, 2.05) is 24.3 Å². The van der Waals surface area contributed by atoms with Crippen LogP contribution in [-0.2, 0) is 0 Å². The highest BCUT2D eigenvalue weighted by molar-refractivity contribution is 5.94. The summed E-state index contributed by atoms with van der Waals surface area (Å²) in [5.74, 6) is 0.919. The van der Waals surface area contributed by atoms with Gasteiger partial charge in [-0.05, 0) is 55.9 Å². The van der Waals surface area contributed by atoms with E-state index in [2.05, 4.69) is 4.90 Å². The predicted molar refractivity (Wildman–Crippen MR) is 88.7 cm³/mol. The minimum Gasteiger partial charge on any atom is -0.399 e. The Morgan fingerprint density at radius 2 is 1.67 bits per heavy atom. The highest BCUT2D eigenvalue weighted by Gasteiger charge is 2.35. The van der Waals surface area contributed by atoms with Crippen molar-refractivity contribution in [2.45, 2.75) is 51.0 Å². The number of benzene rings is 1. The maximum Gasteiger partial charge on any atom is 0.254 e. The van der Waals surface area contributed by atoms with Crippen LogP contribution in [0, 0.1) is 5.92 Å². The van der Waals surface area contributed by atoms with E-state index in [0.717, 1.165) is 24.4 Å². The fourth-order valence-electron chi connectivity index (χ4n) is 3.85. The van der Waals surface area contributed by atoms with E-state index in [0.29, 0.717) is 11.7 Å². The molecule has 2 fully saturated rings.